The molecule has 0 aliphatic rings. The first-order valence-electron chi connectivity index (χ1n) is 6.21. The summed E-state index contributed by atoms with van der Waals surface area (Å²) in [4.78, 5) is 23.5. The molecule has 0 atom stereocenters. The van der Waals surface area contributed by atoms with Gasteiger partial charge < -0.3 is 15.4 Å². The molecule has 0 fully saturated rings. The van der Waals surface area contributed by atoms with Gasteiger partial charge in [-0.05, 0) is 30.3 Å². The molecule has 2 aromatic rings. The third-order valence-corrected chi connectivity index (χ3v) is 3.03. The lowest BCUT2D eigenvalue weighted by atomic mass is 10.3. The Balaban J connectivity index is 2.04. The fourth-order valence-electron chi connectivity index (χ4n) is 1.67. The second kappa shape index (κ2) is 6.91. The summed E-state index contributed by atoms with van der Waals surface area (Å²) in [7, 11) is 1.46. The van der Waals surface area contributed by atoms with E-state index in [1.807, 2.05) is 0 Å². The number of amides is 2. The van der Waals surface area contributed by atoms with Crippen LogP contribution in [0.4, 0.5) is 15.8 Å². The van der Waals surface area contributed by atoms with E-state index in [4.69, 9.17) is 16.3 Å². The zero-order valence-electron chi connectivity index (χ0n) is 11.5. The van der Waals surface area contributed by atoms with E-state index < -0.39 is 17.6 Å². The Labute approximate surface area is 131 Å². The zero-order chi connectivity index (χ0) is 16.1. The van der Waals surface area contributed by atoms with Gasteiger partial charge in [0.25, 0.3) is 0 Å². The second-order valence-corrected chi connectivity index (χ2v) is 4.64. The maximum absolute atomic E-state index is 13.4. The largest absolute Gasteiger partial charge is 0.495 e. The molecule has 0 saturated heterocycles. The van der Waals surface area contributed by atoms with E-state index in [1.165, 1.54) is 37.4 Å². The predicted molar refractivity (Wildman–Crippen MR) is 81.7 cm³/mol. The zero-order valence-corrected chi connectivity index (χ0v) is 12.3. The molecule has 114 valence electrons. The number of methoxy groups -OCH3 is 1. The van der Waals surface area contributed by atoms with Gasteiger partial charge in [-0.25, -0.2) is 4.39 Å². The molecule has 0 aromatic heterocycles. The highest BCUT2D eigenvalue weighted by Crippen LogP contribution is 2.27. The number of halogens is 2. The van der Waals surface area contributed by atoms with E-state index in [9.17, 15) is 14.0 Å². The maximum Gasteiger partial charge on any atom is 0.314 e. The molecular weight excluding hydrogens is 311 g/mol. The average molecular weight is 323 g/mol. The molecular formula is C15H12ClFN2O3. The Morgan fingerprint density at radius 1 is 1.09 bits per heavy atom. The molecule has 2 rings (SSSR count). The van der Waals surface area contributed by atoms with Crippen molar-refractivity contribution in [2.24, 2.45) is 0 Å². The fourth-order valence-corrected chi connectivity index (χ4v) is 1.93. The van der Waals surface area contributed by atoms with Crippen LogP contribution in [0.1, 0.15) is 0 Å². The maximum atomic E-state index is 13.4. The van der Waals surface area contributed by atoms with Crippen molar-refractivity contribution < 1.29 is 18.7 Å². The molecule has 0 heterocycles. The van der Waals surface area contributed by atoms with Gasteiger partial charge in [-0.1, -0.05) is 23.7 Å². The predicted octanol–water partition coefficient (Wildman–Crippen LogP) is 3.06. The van der Waals surface area contributed by atoms with E-state index in [-0.39, 0.29) is 10.7 Å². The third kappa shape index (κ3) is 3.73. The molecule has 2 aromatic carbocycles. The molecule has 0 aliphatic carbocycles. The number of hydrogen-bond donors (Lipinski definition) is 2. The van der Waals surface area contributed by atoms with Crippen LogP contribution in [0.15, 0.2) is 42.5 Å². The number of hydrogen-bond acceptors (Lipinski definition) is 3. The summed E-state index contributed by atoms with van der Waals surface area (Å²) >= 11 is 5.92. The van der Waals surface area contributed by atoms with Crippen LogP contribution in [-0.4, -0.2) is 18.9 Å². The minimum Gasteiger partial charge on any atom is -0.495 e. The highest BCUT2D eigenvalue weighted by Gasteiger charge is 2.16. The molecule has 0 bridgehead atoms. The third-order valence-electron chi connectivity index (χ3n) is 2.74. The van der Waals surface area contributed by atoms with Crippen molar-refractivity contribution in [3.63, 3.8) is 0 Å². The van der Waals surface area contributed by atoms with Crippen molar-refractivity contribution in [3.05, 3.63) is 53.3 Å². The minimum atomic E-state index is -0.989. The molecule has 0 unspecified atom stereocenters. The Morgan fingerprint density at radius 2 is 1.77 bits per heavy atom. The van der Waals surface area contributed by atoms with Gasteiger partial charge in [0.05, 0.1) is 17.8 Å². The second-order valence-electron chi connectivity index (χ2n) is 4.24. The highest BCUT2D eigenvalue weighted by atomic mass is 35.5. The SMILES string of the molecule is COc1ccc(NC(=O)C(=O)Nc2ccccc2F)cc1Cl. The summed E-state index contributed by atoms with van der Waals surface area (Å²) in [5.74, 6) is -2.12. The molecule has 2 amide bonds. The van der Waals surface area contributed by atoms with Crippen molar-refractivity contribution in [1.29, 1.82) is 0 Å². The van der Waals surface area contributed by atoms with Crippen LogP contribution < -0.4 is 15.4 Å². The van der Waals surface area contributed by atoms with Gasteiger partial charge in [-0.2, -0.15) is 0 Å². The molecule has 22 heavy (non-hydrogen) atoms. The Bertz CT molecular complexity index is 722. The first kappa shape index (κ1) is 15.8. The minimum absolute atomic E-state index is 0.0737. The number of carbonyl (C=O) groups is 2. The van der Waals surface area contributed by atoms with Crippen molar-refractivity contribution >= 4 is 34.8 Å². The van der Waals surface area contributed by atoms with Crippen molar-refractivity contribution in [2.75, 3.05) is 17.7 Å². The number of nitrogens with one attached hydrogen (secondary N) is 2. The van der Waals surface area contributed by atoms with Crippen LogP contribution >= 0.6 is 11.6 Å². The highest BCUT2D eigenvalue weighted by molar-refractivity contribution is 6.43. The van der Waals surface area contributed by atoms with Crippen molar-refractivity contribution in [1.82, 2.24) is 0 Å². The molecule has 0 radical (unpaired) electrons. The van der Waals surface area contributed by atoms with Gasteiger partial charge in [-0.3, -0.25) is 9.59 Å². The summed E-state index contributed by atoms with van der Waals surface area (Å²) in [6.45, 7) is 0. The van der Waals surface area contributed by atoms with Crippen molar-refractivity contribution in [2.45, 2.75) is 0 Å². The van der Waals surface area contributed by atoms with E-state index in [0.29, 0.717) is 11.4 Å². The first-order chi connectivity index (χ1) is 10.5. The normalized spacial score (nSPS) is 9.95. The lowest BCUT2D eigenvalue weighted by Gasteiger charge is -2.09. The number of rotatable bonds is 3. The van der Waals surface area contributed by atoms with Gasteiger partial charge in [0.15, 0.2) is 0 Å². The van der Waals surface area contributed by atoms with E-state index in [2.05, 4.69) is 10.6 Å². The lowest BCUT2D eigenvalue weighted by molar-refractivity contribution is -0.133. The lowest BCUT2D eigenvalue weighted by Crippen LogP contribution is -2.29. The number of para-hydroxylation sites is 1. The van der Waals surface area contributed by atoms with Crippen LogP contribution in [0, 0.1) is 5.82 Å². The van der Waals surface area contributed by atoms with E-state index in [1.54, 1.807) is 12.1 Å². The van der Waals surface area contributed by atoms with Crippen LogP contribution in [0.25, 0.3) is 0 Å². The van der Waals surface area contributed by atoms with Crippen LogP contribution in [0.5, 0.6) is 5.75 Å². The molecule has 5 nitrogen and oxygen atoms in total. The smallest absolute Gasteiger partial charge is 0.314 e. The van der Waals surface area contributed by atoms with Gasteiger partial charge in [0.2, 0.25) is 0 Å². The van der Waals surface area contributed by atoms with Crippen LogP contribution in [0.2, 0.25) is 5.02 Å². The summed E-state index contributed by atoms with van der Waals surface area (Å²) in [6.07, 6.45) is 0. The summed E-state index contributed by atoms with van der Waals surface area (Å²) in [5.41, 5.74) is 0.245. The molecule has 0 aliphatic heterocycles. The Kier molecular flexibility index (Phi) is 4.95. The van der Waals surface area contributed by atoms with Gasteiger partial charge in [0, 0.05) is 5.69 Å². The summed E-state index contributed by atoms with van der Waals surface area (Å²) in [5, 5.41) is 4.83. The first-order valence-corrected chi connectivity index (χ1v) is 6.59. The van der Waals surface area contributed by atoms with Gasteiger partial charge in [-0.15, -0.1) is 0 Å². The standard InChI is InChI=1S/C15H12ClFN2O3/c1-22-13-7-6-9(8-10(13)16)18-14(20)15(21)19-12-5-3-2-4-11(12)17/h2-8H,1H3,(H,18,20)(H,19,21). The summed E-state index contributed by atoms with van der Waals surface area (Å²) < 4.78 is 18.4. The monoisotopic (exact) mass is 322 g/mol. The molecule has 0 spiro atoms. The number of anilines is 2. The van der Waals surface area contributed by atoms with Crippen LogP contribution in [-0.2, 0) is 9.59 Å². The van der Waals surface area contributed by atoms with Crippen molar-refractivity contribution in [3.8, 4) is 5.75 Å². The van der Waals surface area contributed by atoms with E-state index in [0.717, 1.165) is 0 Å². The fraction of sp³-hybridized carbons (Fsp3) is 0.0667. The number of ether oxygens (including phenoxy) is 1. The number of benzene rings is 2. The quantitative estimate of drug-likeness (QED) is 0.853. The summed E-state index contributed by atoms with van der Waals surface area (Å²) in [6, 6.07) is 10.1. The molecule has 2 N–H and O–H groups in total. The molecule has 0 saturated carbocycles. The van der Waals surface area contributed by atoms with Gasteiger partial charge >= 0.3 is 11.8 Å². The Morgan fingerprint density at radius 3 is 2.41 bits per heavy atom. The van der Waals surface area contributed by atoms with E-state index >= 15 is 0 Å². The average Bonchev–Trinajstić information content (AvgIpc) is 2.49. The topological polar surface area (TPSA) is 67.4 Å². The van der Waals surface area contributed by atoms with Gasteiger partial charge in [0.1, 0.15) is 11.6 Å². The Hall–Kier alpha value is -2.60. The molecule has 7 heteroatoms. The van der Waals surface area contributed by atoms with Crippen LogP contribution in [0.3, 0.4) is 0 Å². The number of carbonyl (C=O) groups excluding carboxylic acids is 2.